The fourth-order valence-electron chi connectivity index (χ4n) is 1.16. The fraction of sp³-hybridized carbons (Fsp3) is 0.0833. The predicted octanol–water partition coefficient (Wildman–Crippen LogP) is 3.76. The first-order valence-corrected chi connectivity index (χ1v) is 6.29. The van der Waals surface area contributed by atoms with Gasteiger partial charge in [0.1, 0.15) is 23.9 Å². The van der Waals surface area contributed by atoms with E-state index in [1.54, 1.807) is 24.3 Å². The highest BCUT2D eigenvalue weighted by Crippen LogP contribution is 2.30. The molecule has 0 aromatic heterocycles. The van der Waals surface area contributed by atoms with Crippen LogP contribution in [0.2, 0.25) is 0 Å². The minimum absolute atomic E-state index is 0.0727. The van der Waals surface area contributed by atoms with Gasteiger partial charge in [-0.2, -0.15) is 15.8 Å². The molecule has 0 bridgehead atoms. The lowest BCUT2D eigenvalue weighted by molar-refractivity contribution is 1.34. The summed E-state index contributed by atoms with van der Waals surface area (Å²) < 4.78 is 1.60. The maximum atomic E-state index is 8.94. The molecular weight excluding hydrogens is 360 g/mol. The maximum Gasteiger partial charge on any atom is 0.163 e. The molecule has 18 heavy (non-hydrogen) atoms. The largest absolute Gasteiger partial charge is 0.344 e. The van der Waals surface area contributed by atoms with Gasteiger partial charge in [0.2, 0.25) is 0 Å². The molecule has 88 valence electrons. The zero-order chi connectivity index (χ0) is 13.7. The van der Waals surface area contributed by atoms with Crippen molar-refractivity contribution in [2.24, 2.45) is 0 Å². The number of rotatable bonds is 2. The topological polar surface area (TPSA) is 83.4 Å². The quantitative estimate of drug-likeness (QED) is 0.808. The van der Waals surface area contributed by atoms with Gasteiger partial charge < -0.3 is 5.32 Å². The van der Waals surface area contributed by atoms with Crippen molar-refractivity contribution in [1.29, 1.82) is 15.8 Å². The van der Waals surface area contributed by atoms with E-state index in [4.69, 9.17) is 15.8 Å². The Hall–Kier alpha value is -1.81. The molecule has 0 aliphatic rings. The van der Waals surface area contributed by atoms with Gasteiger partial charge in [0, 0.05) is 8.95 Å². The summed E-state index contributed by atoms with van der Waals surface area (Å²) in [6.45, 7) is 1.93. The van der Waals surface area contributed by atoms with Crippen LogP contribution in [-0.2, 0) is 0 Å². The molecule has 0 heterocycles. The van der Waals surface area contributed by atoms with E-state index in [1.807, 2.05) is 13.0 Å². The van der Waals surface area contributed by atoms with Crippen LogP contribution in [0, 0.1) is 40.9 Å². The average Bonchev–Trinajstić information content (AvgIpc) is 2.35. The van der Waals surface area contributed by atoms with Crippen molar-refractivity contribution in [3.05, 3.63) is 37.9 Å². The van der Waals surface area contributed by atoms with Crippen LogP contribution in [0.15, 0.2) is 32.3 Å². The second-order valence-electron chi connectivity index (χ2n) is 3.29. The van der Waals surface area contributed by atoms with E-state index < -0.39 is 0 Å². The monoisotopic (exact) mass is 364 g/mol. The Bertz CT molecular complexity index is 626. The van der Waals surface area contributed by atoms with Crippen molar-refractivity contribution in [2.75, 3.05) is 5.32 Å². The van der Waals surface area contributed by atoms with Gasteiger partial charge in [-0.05, 0) is 40.5 Å². The first-order valence-electron chi connectivity index (χ1n) is 4.70. The normalized spacial score (nSPS) is 8.67. The van der Waals surface area contributed by atoms with Gasteiger partial charge >= 0.3 is 0 Å². The van der Waals surface area contributed by atoms with Crippen LogP contribution in [0.1, 0.15) is 5.56 Å². The number of nitrogens with one attached hydrogen (secondary N) is 1. The highest BCUT2D eigenvalue weighted by atomic mass is 79.9. The minimum atomic E-state index is -0.249. The summed E-state index contributed by atoms with van der Waals surface area (Å²) in [5.41, 5.74) is 1.31. The SMILES string of the molecule is Cc1cc(Br)c(NC(C#N)=C(C#N)C#N)cc1Br. The number of anilines is 1. The second kappa shape index (κ2) is 6.21. The number of halogens is 2. The molecule has 0 spiro atoms. The van der Waals surface area contributed by atoms with Gasteiger partial charge in [-0.25, -0.2) is 0 Å². The molecule has 0 fully saturated rings. The number of allylic oxidation sites excluding steroid dienone is 2. The molecule has 0 atom stereocenters. The van der Waals surface area contributed by atoms with Gasteiger partial charge in [0.25, 0.3) is 0 Å². The highest BCUT2D eigenvalue weighted by Gasteiger charge is 2.09. The van der Waals surface area contributed by atoms with Crippen molar-refractivity contribution in [2.45, 2.75) is 6.92 Å². The molecule has 1 rings (SSSR count). The van der Waals surface area contributed by atoms with Crippen LogP contribution in [0.5, 0.6) is 0 Å². The van der Waals surface area contributed by atoms with Crippen molar-refractivity contribution in [3.63, 3.8) is 0 Å². The smallest absolute Gasteiger partial charge is 0.163 e. The van der Waals surface area contributed by atoms with Gasteiger partial charge in [0.15, 0.2) is 5.57 Å². The number of benzene rings is 1. The standard InChI is InChI=1S/C12H6Br2N4/c1-7-2-10(14)11(3-9(7)13)18-12(6-17)8(4-15)5-16/h2-3,18H,1H3. The van der Waals surface area contributed by atoms with E-state index in [1.165, 1.54) is 0 Å². The zero-order valence-electron chi connectivity index (χ0n) is 9.25. The van der Waals surface area contributed by atoms with Gasteiger partial charge in [-0.1, -0.05) is 15.9 Å². The number of hydrogen-bond donors (Lipinski definition) is 1. The third-order valence-corrected chi connectivity index (χ3v) is 3.60. The molecule has 0 aliphatic carbocycles. The molecule has 0 unspecified atom stereocenters. The molecule has 1 aromatic rings. The van der Waals surface area contributed by atoms with Crippen LogP contribution in [0.25, 0.3) is 0 Å². The Labute approximate surface area is 121 Å². The van der Waals surface area contributed by atoms with E-state index in [0.29, 0.717) is 5.69 Å². The van der Waals surface area contributed by atoms with E-state index in [9.17, 15) is 0 Å². The van der Waals surface area contributed by atoms with Crippen molar-refractivity contribution < 1.29 is 0 Å². The number of nitrogens with zero attached hydrogens (tertiary/aromatic N) is 3. The van der Waals surface area contributed by atoms with Crippen LogP contribution >= 0.6 is 31.9 Å². The predicted molar refractivity (Wildman–Crippen MR) is 74.1 cm³/mol. The van der Waals surface area contributed by atoms with Crippen LogP contribution in [0.4, 0.5) is 5.69 Å². The van der Waals surface area contributed by atoms with E-state index >= 15 is 0 Å². The first kappa shape index (κ1) is 14.3. The Morgan fingerprint density at radius 2 is 1.67 bits per heavy atom. The summed E-state index contributed by atoms with van der Waals surface area (Å²) in [6.07, 6.45) is 0. The lowest BCUT2D eigenvalue weighted by atomic mass is 10.2. The van der Waals surface area contributed by atoms with Gasteiger partial charge in [-0.3, -0.25) is 0 Å². The number of aryl methyl sites for hydroxylation is 1. The van der Waals surface area contributed by atoms with Crippen molar-refractivity contribution in [1.82, 2.24) is 0 Å². The van der Waals surface area contributed by atoms with E-state index in [-0.39, 0.29) is 11.3 Å². The highest BCUT2D eigenvalue weighted by molar-refractivity contribution is 9.11. The third kappa shape index (κ3) is 3.11. The minimum Gasteiger partial charge on any atom is -0.344 e. The third-order valence-electron chi connectivity index (χ3n) is 2.09. The number of hydrogen-bond acceptors (Lipinski definition) is 4. The summed E-state index contributed by atoms with van der Waals surface area (Å²) in [6, 6.07) is 8.78. The Kier molecular flexibility index (Phi) is 4.92. The lowest BCUT2D eigenvalue weighted by Gasteiger charge is -2.09. The van der Waals surface area contributed by atoms with Crippen LogP contribution in [-0.4, -0.2) is 0 Å². The molecule has 1 aromatic carbocycles. The molecule has 6 heteroatoms. The summed E-state index contributed by atoms with van der Waals surface area (Å²) in [5, 5.41) is 29.2. The Morgan fingerprint density at radius 1 is 1.06 bits per heavy atom. The second-order valence-corrected chi connectivity index (χ2v) is 5.00. The van der Waals surface area contributed by atoms with Crippen molar-refractivity contribution >= 4 is 37.5 Å². The summed E-state index contributed by atoms with van der Waals surface area (Å²) in [5.74, 6) is 0. The Morgan fingerprint density at radius 3 is 2.17 bits per heavy atom. The zero-order valence-corrected chi connectivity index (χ0v) is 12.4. The van der Waals surface area contributed by atoms with Crippen LogP contribution in [0.3, 0.4) is 0 Å². The van der Waals surface area contributed by atoms with Crippen LogP contribution < -0.4 is 5.32 Å². The molecular formula is C12H6Br2N4. The molecule has 4 nitrogen and oxygen atoms in total. The van der Waals surface area contributed by atoms with Gasteiger partial charge in [0.05, 0.1) is 5.69 Å². The van der Waals surface area contributed by atoms with E-state index in [0.717, 1.165) is 14.5 Å². The lowest BCUT2D eigenvalue weighted by Crippen LogP contribution is -2.01. The summed E-state index contributed by atoms with van der Waals surface area (Å²) in [7, 11) is 0. The molecule has 0 saturated heterocycles. The maximum absolute atomic E-state index is 8.94. The summed E-state index contributed by atoms with van der Waals surface area (Å²) >= 11 is 6.72. The molecule has 0 saturated carbocycles. The number of nitriles is 3. The average molecular weight is 366 g/mol. The fourth-order valence-corrected chi connectivity index (χ4v) is 2.06. The molecule has 0 radical (unpaired) electrons. The van der Waals surface area contributed by atoms with Gasteiger partial charge in [-0.15, -0.1) is 0 Å². The molecule has 1 N–H and O–H groups in total. The Balaban J connectivity index is 3.26. The van der Waals surface area contributed by atoms with Crippen molar-refractivity contribution in [3.8, 4) is 18.2 Å². The molecule has 0 aliphatic heterocycles. The van der Waals surface area contributed by atoms with E-state index in [2.05, 4.69) is 37.2 Å². The molecule has 0 amide bonds. The summed E-state index contributed by atoms with van der Waals surface area (Å²) in [4.78, 5) is 0. The first-order chi connectivity index (χ1) is 8.53.